The summed E-state index contributed by atoms with van der Waals surface area (Å²) in [7, 11) is -6.40. The highest BCUT2D eigenvalue weighted by molar-refractivity contribution is 7.24. The smallest absolute Gasteiger partial charge is 0.185 e. The Morgan fingerprint density at radius 3 is 0.650 bits per heavy atom. The molecule has 0 aromatic heterocycles. The number of hydrogen-bond acceptors (Lipinski definition) is 7. The van der Waals surface area contributed by atoms with Gasteiger partial charge in [0.15, 0.2) is 16.1 Å². The number of benzene rings is 18. The van der Waals surface area contributed by atoms with Crippen molar-refractivity contribution < 1.29 is 0 Å². The molecule has 0 N–H and O–H groups in total. The van der Waals surface area contributed by atoms with Crippen molar-refractivity contribution in [2.24, 2.45) is 0 Å². The number of rotatable bonds is 6. The summed E-state index contributed by atoms with van der Waals surface area (Å²) >= 11 is 0. The molecular weight excluding hydrogens is 1740 g/mol. The fraction of sp³-hybridized carbons (Fsp3) is 0.169. The molecule has 1 spiro atoms. The normalized spacial score (nSPS) is 14.4. The minimum Gasteiger partial charge on any atom is -0.336 e. The molecule has 140 heavy (non-hydrogen) atoms. The molecule has 694 valence electrons. The van der Waals surface area contributed by atoms with E-state index in [1.165, 1.54) is 166 Å². The van der Waals surface area contributed by atoms with Crippen LogP contribution in [0.5, 0.6) is 0 Å². The average Bonchev–Trinajstić information content (AvgIpc) is 1.33. The number of anilines is 16. The maximum atomic E-state index is 2.56. The van der Waals surface area contributed by atoms with Gasteiger partial charge >= 0.3 is 0 Å². The monoisotopic (exact) mass is 1870 g/mol. The Hall–Kier alpha value is -14.8. The molecule has 0 aliphatic carbocycles. The van der Waals surface area contributed by atoms with E-state index in [4.69, 9.17) is 0 Å². The summed E-state index contributed by atoms with van der Waals surface area (Å²) in [4.78, 5) is 17.3. The van der Waals surface area contributed by atoms with Gasteiger partial charge in [-0.15, -0.1) is 0 Å². The zero-order valence-corrected chi connectivity index (χ0v) is 87.0. The summed E-state index contributed by atoms with van der Waals surface area (Å²) in [6.45, 7) is 39.3. The minimum absolute atomic E-state index is 0.00498. The molecule has 0 fully saturated rings. The third-order valence-corrected chi connectivity index (χ3v) is 41.8. The first-order chi connectivity index (χ1) is 67.5. The first-order valence-corrected chi connectivity index (χ1v) is 56.7. The lowest BCUT2D eigenvalue weighted by Gasteiger charge is -2.49. The number of nitrogens with zero attached hydrogens (tertiary/aromatic N) is 7. The Kier molecular flexibility index (Phi) is 24.4. The largest absolute Gasteiger partial charge is 0.336 e. The maximum absolute atomic E-state index is 2.56. The quantitative estimate of drug-likeness (QED) is 0.153. The van der Waals surface area contributed by atoms with E-state index in [-0.39, 0.29) is 27.7 Å². The van der Waals surface area contributed by atoms with Crippen LogP contribution in [0.1, 0.15) is 104 Å². The van der Waals surface area contributed by atoms with Crippen molar-refractivity contribution in [2.75, 3.05) is 34.3 Å². The van der Waals surface area contributed by atoms with Gasteiger partial charge in [-0.1, -0.05) is 377 Å². The molecule has 7 nitrogen and oxygen atoms in total. The standard InChI is InChI=1S/C34H30N2.C28H25NSi.C28H27NSi.C22H22N2.C18H23NSi/c1-34(2,3)36-31-23-12-10-21-29(31)35(30-22-11-13-24-32(30)36)33-27(25-15-6-4-7-16-25)19-14-20-28(33)26-17-8-5-9-18-26;1-28(2,3)29-22-14-6-10-18-26(22)30(27-19-11-7-15-23(27)29)24-16-8-4-12-20(24)21-13-5-9-17-25(21)30;1-28(2,3)29-24-18-10-12-20-26(24)30(22-14-6-4-7-15-22,23-16-8-5-9-17-23)27-21-13-11-19-25(27)29;1-22(2,3)24-20-15-9-7-13-18(20)23(17-11-5-4-6-12-17)19-14-8-10-16-21(19)24;1-18(2,3)19-14-10-6-8-12-16(14)20(4,5)17-13-9-7-11-15(17)19/h4-24H,1-3H3;4-19H,1-3H3;4-21H,1-3H3;4-16H,1-3H3;6-13H,1-5H3. The van der Waals surface area contributed by atoms with Gasteiger partial charge < -0.3 is 34.3 Å². The topological polar surface area (TPSA) is 22.7 Å². The average molecular weight is 1870 g/mol. The fourth-order valence-electron chi connectivity index (χ4n) is 23.2. The highest BCUT2D eigenvalue weighted by atomic mass is 28.3. The molecule has 0 atom stereocenters. The Morgan fingerprint density at radius 2 is 0.357 bits per heavy atom. The van der Waals surface area contributed by atoms with Crippen LogP contribution in [-0.4, -0.2) is 51.9 Å². The van der Waals surface area contributed by atoms with E-state index in [0.29, 0.717) is 0 Å². The second-order valence-electron chi connectivity index (χ2n) is 43.0. The van der Waals surface area contributed by atoms with Crippen molar-refractivity contribution in [1.29, 1.82) is 0 Å². The predicted octanol–water partition coefficient (Wildman–Crippen LogP) is 28.5. The van der Waals surface area contributed by atoms with Crippen LogP contribution in [0.15, 0.2) is 461 Å². The van der Waals surface area contributed by atoms with Crippen molar-refractivity contribution >= 4 is 167 Å². The second-order valence-corrected chi connectivity index (χ2v) is 54.7. The maximum Gasteiger partial charge on any atom is 0.185 e. The molecule has 18 aromatic rings. The molecule has 18 aromatic carbocycles. The molecule has 6 aliphatic heterocycles. The number of hydrogen-bond donors (Lipinski definition) is 0. The van der Waals surface area contributed by atoms with E-state index in [1.807, 2.05) is 0 Å². The zero-order chi connectivity index (χ0) is 97.3. The van der Waals surface area contributed by atoms with E-state index >= 15 is 0 Å². The summed E-state index contributed by atoms with van der Waals surface area (Å²) < 4.78 is 0. The summed E-state index contributed by atoms with van der Waals surface area (Å²) in [5, 5.41) is 15.0. The molecule has 6 heterocycles. The van der Waals surface area contributed by atoms with E-state index in [2.05, 4.69) is 612 Å². The number of para-hydroxylation sites is 16. The minimum atomic E-state index is -2.44. The van der Waals surface area contributed by atoms with E-state index < -0.39 is 24.2 Å². The van der Waals surface area contributed by atoms with Crippen LogP contribution < -0.4 is 86.2 Å². The molecule has 0 saturated heterocycles. The second kappa shape index (κ2) is 36.8. The van der Waals surface area contributed by atoms with Gasteiger partial charge in [0, 0.05) is 78.6 Å². The van der Waals surface area contributed by atoms with Gasteiger partial charge in [0.1, 0.15) is 8.07 Å². The van der Waals surface area contributed by atoms with Gasteiger partial charge in [0.2, 0.25) is 0 Å². The van der Waals surface area contributed by atoms with Crippen molar-refractivity contribution in [3.63, 3.8) is 0 Å². The Morgan fingerprint density at radius 1 is 0.157 bits per heavy atom. The zero-order valence-electron chi connectivity index (χ0n) is 84.0. The van der Waals surface area contributed by atoms with Gasteiger partial charge in [-0.3, -0.25) is 0 Å². The van der Waals surface area contributed by atoms with Crippen LogP contribution >= 0.6 is 0 Å². The highest BCUT2D eigenvalue weighted by Gasteiger charge is 2.56. The summed E-state index contributed by atoms with van der Waals surface area (Å²) in [6.07, 6.45) is 0. The fourth-order valence-corrected chi connectivity index (χ4v) is 36.8. The lowest BCUT2D eigenvalue weighted by Crippen LogP contribution is -2.78. The molecular formula is C130H127N7Si3. The van der Waals surface area contributed by atoms with Crippen LogP contribution in [0.3, 0.4) is 0 Å². The SMILES string of the molecule is CC(C)(C)N1c2ccccc2N(c2c(-c3ccccc3)cccc2-c2ccccc2)c2ccccc21.CC(C)(C)N1c2ccccc2N(c2ccccc2)c2ccccc21.CC(C)(C)N1c2ccccc2[Si](C)(C)c2ccccc21.CC(C)(C)N1c2ccccc2[Si](c2ccccc2)(c2ccccc2)c2ccccc21.CC(C)(C)N1c2ccccc2[Si]2(c3ccccc3-c3ccccc32)c2ccccc21. The first-order valence-electron chi connectivity index (χ1n) is 49.7. The third-order valence-electron chi connectivity index (χ3n) is 28.5. The van der Waals surface area contributed by atoms with Crippen LogP contribution in [0.25, 0.3) is 33.4 Å². The highest BCUT2D eigenvalue weighted by Crippen LogP contribution is 2.58. The molecule has 10 heteroatoms. The first kappa shape index (κ1) is 92.9. The molecule has 0 bridgehead atoms. The van der Waals surface area contributed by atoms with Crippen LogP contribution in [0.4, 0.5) is 91.0 Å². The van der Waals surface area contributed by atoms with Crippen molar-refractivity contribution in [2.45, 2.75) is 145 Å². The van der Waals surface area contributed by atoms with Crippen molar-refractivity contribution in [3.8, 4) is 33.4 Å². The molecule has 6 aliphatic rings. The van der Waals surface area contributed by atoms with E-state index in [1.54, 1.807) is 10.4 Å². The van der Waals surface area contributed by atoms with Crippen LogP contribution in [-0.2, 0) is 0 Å². The number of fused-ring (bicyclic) bond motifs is 17. The van der Waals surface area contributed by atoms with Gasteiger partial charge in [0.05, 0.1) is 51.2 Å². The third kappa shape index (κ3) is 16.2. The molecule has 0 saturated carbocycles. The summed E-state index contributed by atoms with van der Waals surface area (Å²) in [5.74, 6) is 0. The van der Waals surface area contributed by atoms with Crippen molar-refractivity contribution in [3.05, 3.63) is 461 Å². The van der Waals surface area contributed by atoms with Gasteiger partial charge in [-0.25, -0.2) is 0 Å². The Bertz CT molecular complexity index is 7060. The van der Waals surface area contributed by atoms with Gasteiger partial charge in [0.25, 0.3) is 0 Å². The van der Waals surface area contributed by atoms with E-state index in [9.17, 15) is 0 Å². The Balaban J connectivity index is 0.000000109. The summed E-state index contributed by atoms with van der Waals surface area (Å²) in [6, 6.07) is 169. The van der Waals surface area contributed by atoms with E-state index in [0.717, 1.165) is 0 Å². The molecule has 0 amide bonds. The van der Waals surface area contributed by atoms with Crippen LogP contribution in [0, 0.1) is 0 Å². The summed E-state index contributed by atoms with van der Waals surface area (Å²) in [5.41, 5.74) is 27.9. The van der Waals surface area contributed by atoms with Crippen molar-refractivity contribution in [1.82, 2.24) is 0 Å². The molecule has 0 unspecified atom stereocenters. The molecule has 24 rings (SSSR count). The predicted molar refractivity (Wildman–Crippen MR) is 611 cm³/mol. The lowest BCUT2D eigenvalue weighted by molar-refractivity contribution is 0.558. The van der Waals surface area contributed by atoms with Gasteiger partial charge in [-0.05, 0) is 275 Å². The van der Waals surface area contributed by atoms with Crippen LogP contribution in [0.2, 0.25) is 13.1 Å². The molecule has 0 radical (unpaired) electrons. The lowest BCUT2D eigenvalue weighted by atomic mass is 9.92. The van der Waals surface area contributed by atoms with Gasteiger partial charge in [-0.2, -0.15) is 0 Å². The Labute approximate surface area is 834 Å².